The molecule has 0 fully saturated rings. The Bertz CT molecular complexity index is 966. The minimum atomic E-state index is -10.0. The van der Waals surface area contributed by atoms with Crippen LogP contribution >= 0.6 is 33.4 Å². The molecular formula is C14H11Cl2F5N4O2S. The van der Waals surface area contributed by atoms with Gasteiger partial charge in [-0.1, -0.05) is 42.6 Å². The lowest BCUT2D eigenvalue weighted by Crippen LogP contribution is -2.11. The molecule has 0 aliphatic rings. The number of carboxylic acids is 1. The molecule has 0 bridgehead atoms. The van der Waals surface area contributed by atoms with Gasteiger partial charge in [0.2, 0.25) is 0 Å². The lowest BCUT2D eigenvalue weighted by molar-refractivity contribution is -0.137. The monoisotopic (exact) mass is 464 g/mol. The minimum absolute atomic E-state index is 0.0340. The predicted molar refractivity (Wildman–Crippen MR) is 95.1 cm³/mol. The van der Waals surface area contributed by atoms with Gasteiger partial charge in [-0.05, 0) is 18.6 Å². The highest BCUT2D eigenvalue weighted by Gasteiger charge is 2.65. The number of nitriles is 1. The molecule has 0 radical (unpaired) electrons. The number of nitrogens with zero attached hydrogens (tertiary/aromatic N) is 3. The molecule has 6 nitrogen and oxygen atoms in total. The zero-order valence-corrected chi connectivity index (χ0v) is 15.9. The summed E-state index contributed by atoms with van der Waals surface area (Å²) in [5.74, 6) is -0.975. The number of hydrogen-bond donors (Lipinski definition) is 2. The summed E-state index contributed by atoms with van der Waals surface area (Å²) in [6.45, 7) is 0.113. The number of carboxylic acid groups (broad SMARTS) is 1. The van der Waals surface area contributed by atoms with E-state index >= 15 is 0 Å². The standard InChI is InChI=1S/C14H11Cl2F5N4O2S/c15-10-5-9(28(17,18,19,20)21)6-11(16)14(10)25-12(4-8(7-22)24-25)23-3-1-2-13(26)27/h4-6,23H,1-3H2,(H,26,27). The first kappa shape index (κ1) is 22.1. The van der Waals surface area contributed by atoms with Crippen LogP contribution < -0.4 is 5.32 Å². The lowest BCUT2D eigenvalue weighted by atomic mass is 10.3. The van der Waals surface area contributed by atoms with Gasteiger partial charge < -0.3 is 10.4 Å². The molecule has 0 aliphatic heterocycles. The van der Waals surface area contributed by atoms with E-state index in [9.17, 15) is 24.2 Å². The number of aromatic nitrogens is 2. The van der Waals surface area contributed by atoms with E-state index in [0.717, 1.165) is 4.68 Å². The largest absolute Gasteiger partial charge is 0.481 e. The van der Waals surface area contributed by atoms with Crippen molar-refractivity contribution in [3.8, 4) is 11.8 Å². The van der Waals surface area contributed by atoms with Gasteiger partial charge in [0.25, 0.3) is 0 Å². The van der Waals surface area contributed by atoms with Crippen LogP contribution in [0.1, 0.15) is 18.5 Å². The molecular weight excluding hydrogens is 454 g/mol. The van der Waals surface area contributed by atoms with Gasteiger partial charge in [0, 0.05) is 19.0 Å². The van der Waals surface area contributed by atoms with Crippen LogP contribution in [-0.2, 0) is 4.79 Å². The minimum Gasteiger partial charge on any atom is -0.481 e. The summed E-state index contributed by atoms with van der Waals surface area (Å²) in [7, 11) is -10.0. The van der Waals surface area contributed by atoms with E-state index in [0.29, 0.717) is 0 Å². The third kappa shape index (κ3) is 5.18. The number of anilines is 1. The van der Waals surface area contributed by atoms with Gasteiger partial charge in [-0.2, -0.15) is 10.4 Å². The van der Waals surface area contributed by atoms with Crippen LogP contribution in [0.5, 0.6) is 0 Å². The third-order valence-electron chi connectivity index (χ3n) is 3.35. The van der Waals surface area contributed by atoms with Crippen molar-refractivity contribution in [3.05, 3.63) is 33.9 Å². The fourth-order valence-electron chi connectivity index (χ4n) is 2.16. The lowest BCUT2D eigenvalue weighted by Gasteiger charge is -2.40. The Morgan fingerprint density at radius 3 is 2.25 bits per heavy atom. The molecule has 1 heterocycles. The summed E-state index contributed by atoms with van der Waals surface area (Å²) in [5, 5.41) is 22.6. The predicted octanol–water partition coefficient (Wildman–Crippen LogP) is 5.98. The SMILES string of the molecule is N#Cc1cc(NCCCC(=O)O)n(-c2c(Cl)cc(S(F)(F)(F)(F)F)cc2Cl)n1. The molecule has 2 N–H and O–H groups in total. The van der Waals surface area contributed by atoms with E-state index in [1.54, 1.807) is 6.07 Å². The summed E-state index contributed by atoms with van der Waals surface area (Å²) >= 11 is 11.6. The van der Waals surface area contributed by atoms with Crippen LogP contribution in [0.15, 0.2) is 23.1 Å². The Labute approximate surface area is 165 Å². The maximum absolute atomic E-state index is 13.0. The molecule has 2 aromatic rings. The fraction of sp³-hybridized carbons (Fsp3) is 0.214. The summed E-state index contributed by atoms with van der Waals surface area (Å²) in [6, 6.07) is 2.99. The van der Waals surface area contributed by atoms with Crippen LogP contribution in [-0.4, -0.2) is 27.4 Å². The first-order valence-electron chi connectivity index (χ1n) is 7.31. The van der Waals surface area contributed by atoms with Crippen molar-refractivity contribution >= 4 is 45.2 Å². The zero-order valence-electron chi connectivity index (χ0n) is 13.6. The highest BCUT2D eigenvalue weighted by atomic mass is 35.5. The van der Waals surface area contributed by atoms with E-state index in [1.165, 1.54) is 6.07 Å². The number of nitrogens with one attached hydrogen (secondary N) is 1. The van der Waals surface area contributed by atoms with Crippen molar-refractivity contribution in [2.75, 3.05) is 11.9 Å². The van der Waals surface area contributed by atoms with Crippen molar-refractivity contribution in [3.63, 3.8) is 0 Å². The average molecular weight is 465 g/mol. The molecule has 1 aromatic carbocycles. The summed E-state index contributed by atoms with van der Waals surface area (Å²) < 4.78 is 65.9. The first-order valence-corrected chi connectivity index (χ1v) is 10.0. The third-order valence-corrected chi connectivity index (χ3v) is 5.05. The molecule has 0 saturated carbocycles. The van der Waals surface area contributed by atoms with Crippen LogP contribution in [0.3, 0.4) is 0 Å². The molecule has 2 rings (SSSR count). The van der Waals surface area contributed by atoms with Crippen molar-refractivity contribution in [1.29, 1.82) is 5.26 Å². The molecule has 0 aliphatic carbocycles. The molecule has 0 spiro atoms. The van der Waals surface area contributed by atoms with E-state index < -0.39 is 31.1 Å². The van der Waals surface area contributed by atoms with E-state index in [4.69, 9.17) is 33.6 Å². The fourth-order valence-corrected chi connectivity index (χ4v) is 3.61. The van der Waals surface area contributed by atoms with Gasteiger partial charge in [-0.3, -0.25) is 4.79 Å². The Hall–Kier alpha value is -2.23. The quantitative estimate of drug-likeness (QED) is 0.388. The number of carbonyl (C=O) groups is 1. The Balaban J connectivity index is 2.49. The van der Waals surface area contributed by atoms with Crippen molar-refractivity contribution in [2.24, 2.45) is 0 Å². The average Bonchev–Trinajstić information content (AvgIpc) is 2.91. The first-order chi connectivity index (χ1) is 12.6. The number of rotatable bonds is 7. The van der Waals surface area contributed by atoms with E-state index in [-0.39, 0.29) is 48.7 Å². The van der Waals surface area contributed by atoms with Crippen LogP contribution in [0, 0.1) is 11.3 Å². The zero-order chi connectivity index (χ0) is 21.4. The second kappa shape index (κ2) is 6.68. The Kier molecular flexibility index (Phi) is 5.26. The molecule has 1 aromatic heterocycles. The summed E-state index contributed by atoms with van der Waals surface area (Å²) in [4.78, 5) is 8.27. The van der Waals surface area contributed by atoms with Gasteiger partial charge >= 0.3 is 16.2 Å². The van der Waals surface area contributed by atoms with Gasteiger partial charge in [0.05, 0.1) is 10.0 Å². The highest BCUT2D eigenvalue weighted by Crippen LogP contribution is 3.02. The number of hydrogen-bond acceptors (Lipinski definition) is 4. The summed E-state index contributed by atoms with van der Waals surface area (Å²) in [6.07, 6.45) is 0.0272. The van der Waals surface area contributed by atoms with Crippen molar-refractivity contribution in [1.82, 2.24) is 9.78 Å². The molecule has 154 valence electrons. The van der Waals surface area contributed by atoms with Crippen LogP contribution in [0.2, 0.25) is 10.0 Å². The van der Waals surface area contributed by atoms with Gasteiger partial charge in [0.15, 0.2) is 5.69 Å². The smallest absolute Gasteiger partial charge is 0.310 e. The molecule has 0 atom stereocenters. The molecule has 0 saturated heterocycles. The number of halogens is 7. The normalized spacial score (nSPS) is 14.1. The Morgan fingerprint density at radius 1 is 1.21 bits per heavy atom. The van der Waals surface area contributed by atoms with Gasteiger partial charge in [-0.15, -0.1) is 0 Å². The topological polar surface area (TPSA) is 90.9 Å². The summed E-state index contributed by atoms with van der Waals surface area (Å²) in [5.41, 5.74) is -0.513. The van der Waals surface area contributed by atoms with Crippen molar-refractivity contribution in [2.45, 2.75) is 17.7 Å². The van der Waals surface area contributed by atoms with Gasteiger partial charge in [-0.25, -0.2) is 4.68 Å². The molecule has 14 heteroatoms. The molecule has 0 unspecified atom stereocenters. The Morgan fingerprint density at radius 2 is 1.79 bits per heavy atom. The second-order valence-electron chi connectivity index (χ2n) is 5.57. The second-order valence-corrected chi connectivity index (χ2v) is 8.79. The highest BCUT2D eigenvalue weighted by molar-refractivity contribution is 8.45. The van der Waals surface area contributed by atoms with Crippen LogP contribution in [0.25, 0.3) is 5.69 Å². The van der Waals surface area contributed by atoms with Crippen molar-refractivity contribution < 1.29 is 29.3 Å². The molecule has 0 amide bonds. The maximum atomic E-state index is 13.0. The van der Waals surface area contributed by atoms with E-state index in [1.807, 2.05) is 0 Å². The van der Waals surface area contributed by atoms with E-state index in [2.05, 4.69) is 10.4 Å². The number of benzene rings is 1. The maximum Gasteiger partial charge on any atom is 0.310 e. The van der Waals surface area contributed by atoms with Crippen LogP contribution in [0.4, 0.5) is 25.2 Å². The molecule has 28 heavy (non-hydrogen) atoms. The van der Waals surface area contributed by atoms with Gasteiger partial charge in [0.1, 0.15) is 22.5 Å². The number of aliphatic carboxylic acids is 1.